The third-order valence-corrected chi connectivity index (χ3v) is 13.0. The molecule has 0 aromatic heterocycles. The van der Waals surface area contributed by atoms with Crippen LogP contribution >= 0.6 is 0 Å². The van der Waals surface area contributed by atoms with Gasteiger partial charge in [-0.2, -0.15) is 0 Å². The molecule has 1 heterocycles. The van der Waals surface area contributed by atoms with Crippen LogP contribution in [-0.2, 0) is 11.8 Å². The van der Waals surface area contributed by atoms with Crippen molar-refractivity contribution in [2.24, 2.45) is 5.92 Å². The zero-order valence-corrected chi connectivity index (χ0v) is 35.3. The van der Waals surface area contributed by atoms with Crippen molar-refractivity contribution < 1.29 is 4.74 Å². The molecule has 2 nitrogen and oxygen atoms in total. The van der Waals surface area contributed by atoms with E-state index in [1.165, 1.54) is 77.6 Å². The Kier molecular flexibility index (Phi) is 10.6. The third-order valence-electron chi connectivity index (χ3n) is 13.0. The molecule has 4 aliphatic rings. The van der Waals surface area contributed by atoms with Crippen molar-refractivity contribution in [1.29, 1.82) is 0 Å². The average Bonchev–Trinajstić information content (AvgIpc) is 3.63. The molecule has 10 rings (SSSR count). The van der Waals surface area contributed by atoms with E-state index in [2.05, 4.69) is 219 Å². The Morgan fingerprint density at radius 3 is 2.33 bits per heavy atom. The SMILES string of the molecule is CC1(C)C/C(=C\C=C/CC2C=CC(N(C3=CC(c4cccc5ccccc45)CC=C3)c3ccccc3C3=C/Cc4ccc5ccccc5c4OC/C=C\3)=CC2)c2ccccc21. The van der Waals surface area contributed by atoms with Gasteiger partial charge >= 0.3 is 0 Å². The maximum atomic E-state index is 6.48. The van der Waals surface area contributed by atoms with E-state index in [4.69, 9.17) is 4.74 Å². The summed E-state index contributed by atoms with van der Waals surface area (Å²) in [6.45, 7) is 5.23. The van der Waals surface area contributed by atoms with Gasteiger partial charge in [0.05, 0.1) is 5.69 Å². The molecule has 0 N–H and O–H groups in total. The molecule has 300 valence electrons. The summed E-state index contributed by atoms with van der Waals surface area (Å²) in [4.78, 5) is 2.51. The van der Waals surface area contributed by atoms with Gasteiger partial charge in [0.1, 0.15) is 12.4 Å². The van der Waals surface area contributed by atoms with Gasteiger partial charge in [0.2, 0.25) is 0 Å². The normalized spacial score (nSPS) is 21.4. The predicted octanol–water partition coefficient (Wildman–Crippen LogP) is 15.2. The Labute approximate surface area is 361 Å². The highest BCUT2D eigenvalue weighted by atomic mass is 16.5. The van der Waals surface area contributed by atoms with E-state index in [9.17, 15) is 0 Å². The third kappa shape index (κ3) is 7.80. The van der Waals surface area contributed by atoms with E-state index >= 15 is 0 Å². The van der Waals surface area contributed by atoms with Gasteiger partial charge in [-0.05, 0) is 117 Å². The van der Waals surface area contributed by atoms with Crippen LogP contribution in [0.4, 0.5) is 5.69 Å². The predicted molar refractivity (Wildman–Crippen MR) is 259 cm³/mol. The van der Waals surface area contributed by atoms with Gasteiger partial charge in [-0.1, -0.05) is 190 Å². The number of para-hydroxylation sites is 1. The van der Waals surface area contributed by atoms with Crippen molar-refractivity contribution in [1.82, 2.24) is 0 Å². The van der Waals surface area contributed by atoms with Crippen molar-refractivity contribution in [2.45, 2.75) is 57.3 Å². The standard InChI is InChI=1S/C59H53NO/c1-59(2)41-48(53-25-9-11-29-56(53)59)19-4-3-16-42-31-37-49(38-32-42)60(50-23-13-21-47(40-50)52-28-14-20-43-17-5-7-24-51(43)52)57-30-12-10-26-54(57)44-22-15-39-61-58-46(35-33-44)36-34-45-18-6-8-27-55(45)58/h3-15,17-20,22-31,33-34,36-38,40,42,47H,16,21,32,35,39,41H2,1-2H3/b4-3-,22-15-,44-33+,48-19+. The molecular weight excluding hydrogens is 739 g/mol. The van der Waals surface area contributed by atoms with Gasteiger partial charge in [-0.3, -0.25) is 0 Å². The lowest BCUT2D eigenvalue weighted by molar-refractivity contribution is 0.364. The van der Waals surface area contributed by atoms with Crippen LogP contribution in [0, 0.1) is 5.92 Å². The van der Waals surface area contributed by atoms with Gasteiger partial charge < -0.3 is 9.64 Å². The van der Waals surface area contributed by atoms with Gasteiger partial charge in [-0.25, -0.2) is 0 Å². The molecule has 0 saturated carbocycles. The number of anilines is 1. The van der Waals surface area contributed by atoms with E-state index < -0.39 is 0 Å². The Bertz CT molecular complexity index is 2880. The molecule has 61 heavy (non-hydrogen) atoms. The van der Waals surface area contributed by atoms with Crippen LogP contribution < -0.4 is 9.64 Å². The molecule has 0 radical (unpaired) electrons. The largest absolute Gasteiger partial charge is 0.489 e. The summed E-state index contributed by atoms with van der Waals surface area (Å²) in [5.74, 6) is 1.68. The Balaban J connectivity index is 0.983. The second kappa shape index (κ2) is 16.8. The van der Waals surface area contributed by atoms with Crippen LogP contribution in [0.25, 0.3) is 32.7 Å². The zero-order chi connectivity index (χ0) is 41.2. The molecule has 6 aromatic rings. The summed E-state index contributed by atoms with van der Waals surface area (Å²) in [6.07, 6.45) is 33.1. The minimum atomic E-state index is 0.183. The first-order valence-corrected chi connectivity index (χ1v) is 22.1. The highest BCUT2D eigenvalue weighted by Crippen LogP contribution is 2.45. The van der Waals surface area contributed by atoms with E-state index in [-0.39, 0.29) is 11.3 Å². The van der Waals surface area contributed by atoms with E-state index in [0.717, 1.165) is 37.9 Å². The lowest BCUT2D eigenvalue weighted by Gasteiger charge is -2.33. The quantitative estimate of drug-likeness (QED) is 0.152. The molecule has 0 spiro atoms. The Hall–Kier alpha value is -6.64. The second-order valence-electron chi connectivity index (χ2n) is 17.6. The lowest BCUT2D eigenvalue weighted by Crippen LogP contribution is -2.24. The van der Waals surface area contributed by atoms with Crippen LogP contribution in [-0.4, -0.2) is 6.61 Å². The van der Waals surface area contributed by atoms with Crippen LogP contribution in [0.5, 0.6) is 5.75 Å². The van der Waals surface area contributed by atoms with Crippen molar-refractivity contribution in [3.63, 3.8) is 0 Å². The minimum Gasteiger partial charge on any atom is -0.489 e. The van der Waals surface area contributed by atoms with E-state index in [1.807, 2.05) is 0 Å². The van der Waals surface area contributed by atoms with Crippen LogP contribution in [0.3, 0.4) is 0 Å². The second-order valence-corrected chi connectivity index (χ2v) is 17.6. The molecule has 6 aromatic carbocycles. The smallest absolute Gasteiger partial charge is 0.131 e. The van der Waals surface area contributed by atoms with E-state index in [0.29, 0.717) is 12.5 Å². The Morgan fingerprint density at radius 1 is 0.689 bits per heavy atom. The van der Waals surface area contributed by atoms with Crippen molar-refractivity contribution >= 4 is 38.4 Å². The molecule has 2 unspecified atom stereocenters. The molecule has 0 amide bonds. The van der Waals surface area contributed by atoms with Crippen molar-refractivity contribution in [3.8, 4) is 5.75 Å². The number of hydrogen-bond donors (Lipinski definition) is 0. The number of ether oxygens (including phenoxy) is 1. The van der Waals surface area contributed by atoms with Gasteiger partial charge in [0, 0.05) is 28.3 Å². The number of allylic oxidation sites excluding steroid dienone is 13. The zero-order valence-electron chi connectivity index (χ0n) is 35.3. The van der Waals surface area contributed by atoms with Crippen LogP contribution in [0.2, 0.25) is 0 Å². The molecule has 3 aliphatic carbocycles. The number of nitrogens with zero attached hydrogens (tertiary/aromatic N) is 1. The molecular formula is C59H53NO. The molecule has 0 saturated heterocycles. The summed E-state index contributed by atoms with van der Waals surface area (Å²) in [6, 6.07) is 46.4. The first kappa shape index (κ1) is 38.6. The molecule has 1 aliphatic heterocycles. The number of rotatable bonds is 8. The number of hydrogen-bond acceptors (Lipinski definition) is 2. The molecule has 0 bridgehead atoms. The van der Waals surface area contributed by atoms with Crippen LogP contribution in [0.15, 0.2) is 212 Å². The maximum absolute atomic E-state index is 6.48. The first-order chi connectivity index (χ1) is 30.0. The fraction of sp³-hybridized carbons (Fsp3) is 0.186. The fourth-order valence-corrected chi connectivity index (χ4v) is 9.96. The fourth-order valence-electron chi connectivity index (χ4n) is 9.96. The summed E-state index contributed by atoms with van der Waals surface area (Å²) < 4.78 is 6.48. The lowest BCUT2D eigenvalue weighted by atomic mass is 9.86. The Morgan fingerprint density at radius 2 is 1.46 bits per heavy atom. The molecule has 2 atom stereocenters. The maximum Gasteiger partial charge on any atom is 0.131 e. The highest BCUT2D eigenvalue weighted by Gasteiger charge is 2.32. The summed E-state index contributed by atoms with van der Waals surface area (Å²) in [7, 11) is 0. The minimum absolute atomic E-state index is 0.183. The molecule has 0 fully saturated rings. The number of benzene rings is 6. The van der Waals surface area contributed by atoms with Gasteiger partial charge in [0.15, 0.2) is 0 Å². The van der Waals surface area contributed by atoms with Gasteiger partial charge in [0.25, 0.3) is 0 Å². The van der Waals surface area contributed by atoms with Gasteiger partial charge in [-0.15, -0.1) is 0 Å². The number of fused-ring (bicyclic) bond motifs is 5. The summed E-state index contributed by atoms with van der Waals surface area (Å²) >= 11 is 0. The van der Waals surface area contributed by atoms with Crippen molar-refractivity contribution in [3.05, 3.63) is 240 Å². The van der Waals surface area contributed by atoms with Crippen LogP contribution in [0.1, 0.15) is 73.3 Å². The highest BCUT2D eigenvalue weighted by molar-refractivity contribution is 5.91. The van der Waals surface area contributed by atoms with E-state index in [1.54, 1.807) is 0 Å². The topological polar surface area (TPSA) is 12.5 Å². The average molecular weight is 792 g/mol. The monoisotopic (exact) mass is 791 g/mol. The van der Waals surface area contributed by atoms with Crippen molar-refractivity contribution in [2.75, 3.05) is 11.5 Å². The first-order valence-electron chi connectivity index (χ1n) is 22.1. The summed E-state index contributed by atoms with van der Waals surface area (Å²) in [5.41, 5.74) is 13.1. The molecule has 2 heteroatoms. The summed E-state index contributed by atoms with van der Waals surface area (Å²) in [5, 5.41) is 4.98.